The summed E-state index contributed by atoms with van der Waals surface area (Å²) in [6.07, 6.45) is 3.55. The van der Waals surface area contributed by atoms with Crippen LogP contribution in [-0.4, -0.2) is 4.98 Å². The first-order chi connectivity index (χ1) is 8.25. The maximum absolute atomic E-state index is 13.8. The lowest BCUT2D eigenvalue weighted by atomic mass is 9.92. The van der Waals surface area contributed by atoms with Crippen molar-refractivity contribution in [2.24, 2.45) is 0 Å². The van der Waals surface area contributed by atoms with Crippen molar-refractivity contribution in [1.29, 1.82) is 0 Å². The summed E-state index contributed by atoms with van der Waals surface area (Å²) in [6, 6.07) is 5.00. The van der Waals surface area contributed by atoms with Crippen molar-refractivity contribution in [1.82, 2.24) is 4.98 Å². The molecule has 0 radical (unpaired) electrons. The molecule has 1 saturated carbocycles. The van der Waals surface area contributed by atoms with E-state index in [9.17, 15) is 4.39 Å². The van der Waals surface area contributed by atoms with E-state index in [2.05, 4.69) is 4.98 Å². The molecular formula is C14H13FN2. The van der Waals surface area contributed by atoms with Crippen LogP contribution in [0.2, 0.25) is 0 Å². The average molecular weight is 228 g/mol. The highest BCUT2D eigenvalue weighted by Gasteiger charge is 2.40. The molecule has 0 amide bonds. The predicted octanol–water partition coefficient (Wildman–Crippen LogP) is 3.32. The Morgan fingerprint density at radius 2 is 2.06 bits per heavy atom. The van der Waals surface area contributed by atoms with E-state index in [1.54, 1.807) is 6.07 Å². The van der Waals surface area contributed by atoms with Gasteiger partial charge in [-0.1, -0.05) is 6.07 Å². The molecule has 1 heterocycles. The highest BCUT2D eigenvalue weighted by molar-refractivity contribution is 5.93. The van der Waals surface area contributed by atoms with Crippen molar-refractivity contribution < 1.29 is 4.39 Å². The molecule has 2 nitrogen and oxygen atoms in total. The molecule has 2 unspecified atom stereocenters. The van der Waals surface area contributed by atoms with E-state index in [1.165, 1.54) is 18.9 Å². The molecule has 86 valence electrons. The Balaban J connectivity index is 2.14. The molecule has 3 heteroatoms. The number of nitrogens with two attached hydrogens (primary N) is 1. The topological polar surface area (TPSA) is 38.9 Å². The Kier molecular flexibility index (Phi) is 1.64. The van der Waals surface area contributed by atoms with E-state index < -0.39 is 0 Å². The van der Waals surface area contributed by atoms with E-state index in [0.717, 1.165) is 17.7 Å². The van der Waals surface area contributed by atoms with Crippen LogP contribution in [0.1, 0.15) is 42.4 Å². The van der Waals surface area contributed by atoms with Gasteiger partial charge < -0.3 is 5.73 Å². The number of nitrogen functional groups attached to an aromatic ring is 1. The van der Waals surface area contributed by atoms with Gasteiger partial charge in [0, 0.05) is 22.9 Å². The molecule has 17 heavy (non-hydrogen) atoms. The number of aromatic nitrogens is 1. The second-order valence-corrected chi connectivity index (χ2v) is 5.17. The molecule has 0 saturated heterocycles. The van der Waals surface area contributed by atoms with Gasteiger partial charge in [0.25, 0.3) is 0 Å². The van der Waals surface area contributed by atoms with Gasteiger partial charge in [-0.15, -0.1) is 0 Å². The molecule has 1 aromatic heterocycles. The van der Waals surface area contributed by atoms with Crippen LogP contribution < -0.4 is 5.73 Å². The SMILES string of the molecule is Nc1c2c(nc3cccc(F)c13)C1CCC2C1. The van der Waals surface area contributed by atoms with Crippen molar-refractivity contribution in [3.05, 3.63) is 35.3 Å². The highest BCUT2D eigenvalue weighted by Crippen LogP contribution is 2.55. The molecule has 2 N–H and O–H groups in total. The maximum Gasteiger partial charge on any atom is 0.134 e. The van der Waals surface area contributed by atoms with E-state index in [1.807, 2.05) is 6.07 Å². The predicted molar refractivity (Wildman–Crippen MR) is 65.4 cm³/mol. The molecule has 2 atom stereocenters. The summed E-state index contributed by atoms with van der Waals surface area (Å²) in [6.45, 7) is 0. The molecule has 1 fully saturated rings. The zero-order chi connectivity index (χ0) is 11.6. The summed E-state index contributed by atoms with van der Waals surface area (Å²) >= 11 is 0. The number of halogens is 1. The first-order valence-corrected chi connectivity index (χ1v) is 6.13. The average Bonchev–Trinajstić information content (AvgIpc) is 2.89. The lowest BCUT2D eigenvalue weighted by molar-refractivity contribution is 0.638. The number of pyridine rings is 1. The lowest BCUT2D eigenvalue weighted by Gasteiger charge is -2.18. The van der Waals surface area contributed by atoms with Crippen LogP contribution in [0, 0.1) is 5.82 Å². The van der Waals surface area contributed by atoms with Crippen molar-refractivity contribution in [2.75, 3.05) is 5.73 Å². The Bertz CT molecular complexity index is 636. The van der Waals surface area contributed by atoms with E-state index >= 15 is 0 Å². The fourth-order valence-corrected chi connectivity index (χ4v) is 3.57. The molecule has 4 rings (SSSR count). The highest BCUT2D eigenvalue weighted by atomic mass is 19.1. The minimum atomic E-state index is -0.252. The number of nitrogens with zero attached hydrogens (tertiary/aromatic N) is 1. The van der Waals surface area contributed by atoms with Crippen molar-refractivity contribution in [3.63, 3.8) is 0 Å². The zero-order valence-corrected chi connectivity index (χ0v) is 9.41. The van der Waals surface area contributed by atoms with Crippen LogP contribution in [0.5, 0.6) is 0 Å². The standard InChI is InChI=1S/C14H13FN2/c15-9-2-1-3-10-12(9)13(16)11-7-4-5-8(6-7)14(11)17-10/h1-3,7-8H,4-6H2,(H2,16,17). The summed E-state index contributed by atoms with van der Waals surface area (Å²) < 4.78 is 13.8. The van der Waals surface area contributed by atoms with Crippen LogP contribution in [-0.2, 0) is 0 Å². The molecule has 2 aromatic rings. The van der Waals surface area contributed by atoms with Gasteiger partial charge in [0.15, 0.2) is 0 Å². The molecule has 2 aliphatic carbocycles. The Morgan fingerprint density at radius 1 is 1.24 bits per heavy atom. The number of rotatable bonds is 0. The fraction of sp³-hybridized carbons (Fsp3) is 0.357. The summed E-state index contributed by atoms with van der Waals surface area (Å²) in [4.78, 5) is 4.64. The molecular weight excluding hydrogens is 215 g/mol. The van der Waals surface area contributed by atoms with E-state index in [0.29, 0.717) is 28.4 Å². The fourth-order valence-electron chi connectivity index (χ4n) is 3.57. The van der Waals surface area contributed by atoms with Gasteiger partial charge >= 0.3 is 0 Å². The van der Waals surface area contributed by atoms with Crippen molar-refractivity contribution in [3.8, 4) is 0 Å². The normalized spacial score (nSPS) is 25.5. The maximum atomic E-state index is 13.8. The lowest BCUT2D eigenvalue weighted by Crippen LogP contribution is -2.07. The van der Waals surface area contributed by atoms with Crippen LogP contribution >= 0.6 is 0 Å². The number of benzene rings is 1. The number of fused-ring (bicyclic) bond motifs is 6. The van der Waals surface area contributed by atoms with Gasteiger partial charge in [-0.25, -0.2) is 4.39 Å². The quantitative estimate of drug-likeness (QED) is 0.751. The van der Waals surface area contributed by atoms with Crippen molar-refractivity contribution >= 4 is 16.6 Å². The Labute approximate surface area is 98.7 Å². The Hall–Kier alpha value is -1.64. The molecule has 0 aliphatic heterocycles. The third kappa shape index (κ3) is 1.07. The monoisotopic (exact) mass is 228 g/mol. The summed E-state index contributed by atoms with van der Waals surface area (Å²) in [5.41, 5.74) is 9.79. The van der Waals surface area contributed by atoms with Crippen LogP contribution in [0.4, 0.5) is 10.1 Å². The minimum Gasteiger partial charge on any atom is -0.398 e. The number of hydrogen-bond donors (Lipinski definition) is 1. The second kappa shape index (κ2) is 2.97. The van der Waals surface area contributed by atoms with Gasteiger partial charge in [-0.3, -0.25) is 4.98 Å². The summed E-state index contributed by atoms with van der Waals surface area (Å²) in [5.74, 6) is 0.828. The first-order valence-electron chi connectivity index (χ1n) is 6.13. The third-order valence-corrected chi connectivity index (χ3v) is 4.30. The largest absolute Gasteiger partial charge is 0.398 e. The van der Waals surface area contributed by atoms with Gasteiger partial charge in [0.2, 0.25) is 0 Å². The van der Waals surface area contributed by atoms with Crippen LogP contribution in [0.3, 0.4) is 0 Å². The zero-order valence-electron chi connectivity index (χ0n) is 9.41. The molecule has 1 aromatic carbocycles. The third-order valence-electron chi connectivity index (χ3n) is 4.30. The van der Waals surface area contributed by atoms with Gasteiger partial charge in [0.05, 0.1) is 10.9 Å². The summed E-state index contributed by atoms with van der Waals surface area (Å²) in [5, 5.41) is 0.513. The minimum absolute atomic E-state index is 0.252. The molecule has 2 bridgehead atoms. The summed E-state index contributed by atoms with van der Waals surface area (Å²) in [7, 11) is 0. The van der Waals surface area contributed by atoms with E-state index in [4.69, 9.17) is 5.73 Å². The molecule has 2 aliphatic rings. The van der Waals surface area contributed by atoms with E-state index in [-0.39, 0.29) is 5.82 Å². The van der Waals surface area contributed by atoms with Gasteiger partial charge in [-0.2, -0.15) is 0 Å². The van der Waals surface area contributed by atoms with Gasteiger partial charge in [0.1, 0.15) is 5.82 Å². The number of hydrogen-bond acceptors (Lipinski definition) is 2. The van der Waals surface area contributed by atoms with Gasteiger partial charge in [-0.05, 0) is 37.3 Å². The van der Waals surface area contributed by atoms with Crippen LogP contribution in [0.15, 0.2) is 18.2 Å². The Morgan fingerprint density at radius 3 is 2.94 bits per heavy atom. The molecule has 0 spiro atoms. The smallest absolute Gasteiger partial charge is 0.134 e. The number of anilines is 1. The second-order valence-electron chi connectivity index (χ2n) is 5.17. The van der Waals surface area contributed by atoms with Crippen LogP contribution in [0.25, 0.3) is 10.9 Å². The van der Waals surface area contributed by atoms with Crippen molar-refractivity contribution in [2.45, 2.75) is 31.1 Å². The first kappa shape index (κ1) is 9.40.